The predicted octanol–water partition coefficient (Wildman–Crippen LogP) is 3.79. The van der Waals surface area contributed by atoms with Gasteiger partial charge in [-0.3, -0.25) is 4.79 Å². The van der Waals surface area contributed by atoms with Crippen LogP contribution in [0.3, 0.4) is 0 Å². The summed E-state index contributed by atoms with van der Waals surface area (Å²) in [6.45, 7) is 2.78. The van der Waals surface area contributed by atoms with E-state index in [1.54, 1.807) is 6.07 Å². The van der Waals surface area contributed by atoms with Crippen molar-refractivity contribution in [3.8, 4) is 0 Å². The summed E-state index contributed by atoms with van der Waals surface area (Å²) in [4.78, 5) is 20.2. The van der Waals surface area contributed by atoms with Crippen LogP contribution in [0.25, 0.3) is 0 Å². The fourth-order valence-corrected chi connectivity index (χ4v) is 2.06. The lowest BCUT2D eigenvalue weighted by Crippen LogP contribution is -2.25. The highest BCUT2D eigenvalue weighted by Crippen LogP contribution is 2.23. The number of benzene rings is 1. The lowest BCUT2D eigenvalue weighted by molar-refractivity contribution is 0.0947. The van der Waals surface area contributed by atoms with Crippen LogP contribution in [0.2, 0.25) is 5.02 Å². The number of nitrogens with zero attached hydrogens (tertiary/aromatic N) is 2. The Morgan fingerprint density at radius 3 is 2.68 bits per heavy atom. The third kappa shape index (κ3) is 4.70. The molecule has 0 unspecified atom stereocenters. The maximum atomic E-state index is 11.9. The molecule has 1 amide bonds. The van der Waals surface area contributed by atoms with Crippen LogP contribution < -0.4 is 10.6 Å². The smallest absolute Gasteiger partial charge is 0.271 e. The summed E-state index contributed by atoms with van der Waals surface area (Å²) < 4.78 is 0. The molecule has 2 aromatic rings. The Morgan fingerprint density at radius 2 is 2.00 bits per heavy atom. The summed E-state index contributed by atoms with van der Waals surface area (Å²) in [6, 6.07) is 7.36. The molecule has 0 saturated carbocycles. The van der Waals surface area contributed by atoms with E-state index in [1.807, 2.05) is 18.2 Å². The van der Waals surface area contributed by atoms with E-state index in [0.29, 0.717) is 23.1 Å². The van der Waals surface area contributed by atoms with E-state index in [-0.39, 0.29) is 5.91 Å². The van der Waals surface area contributed by atoms with Crippen molar-refractivity contribution in [2.24, 2.45) is 0 Å². The average molecular weight is 319 g/mol. The summed E-state index contributed by atoms with van der Waals surface area (Å²) in [6.07, 6.45) is 6.17. The minimum absolute atomic E-state index is 0.201. The Labute approximate surface area is 135 Å². The first-order chi connectivity index (χ1) is 10.7. The van der Waals surface area contributed by atoms with Gasteiger partial charge in [-0.1, -0.05) is 43.5 Å². The molecule has 0 spiro atoms. The molecule has 2 rings (SSSR count). The molecule has 0 bridgehead atoms. The zero-order valence-corrected chi connectivity index (χ0v) is 13.2. The second kappa shape index (κ2) is 8.34. The lowest BCUT2D eigenvalue weighted by atomic mass is 10.2. The van der Waals surface area contributed by atoms with E-state index in [9.17, 15) is 4.79 Å². The Balaban J connectivity index is 1.92. The number of para-hydroxylation sites is 1. The average Bonchev–Trinajstić information content (AvgIpc) is 2.54. The van der Waals surface area contributed by atoms with Crippen LogP contribution in [-0.4, -0.2) is 22.4 Å². The number of halogens is 1. The monoisotopic (exact) mass is 318 g/mol. The van der Waals surface area contributed by atoms with Gasteiger partial charge in [-0.15, -0.1) is 0 Å². The standard InChI is InChI=1S/C16H19ClN4O/c1-2-3-6-9-18-16(22)14-10-20-15(11-19-14)21-13-8-5-4-7-12(13)17/h4-5,7-8,10-11H,2-3,6,9H2,1H3,(H,18,22)(H,20,21). The molecule has 22 heavy (non-hydrogen) atoms. The van der Waals surface area contributed by atoms with E-state index in [2.05, 4.69) is 27.5 Å². The zero-order valence-electron chi connectivity index (χ0n) is 12.5. The number of carbonyl (C=O) groups excluding carboxylic acids is 1. The predicted molar refractivity (Wildman–Crippen MR) is 88.6 cm³/mol. The molecule has 116 valence electrons. The molecule has 0 aliphatic carbocycles. The van der Waals surface area contributed by atoms with Gasteiger partial charge in [-0.2, -0.15) is 0 Å². The van der Waals surface area contributed by atoms with Crippen LogP contribution in [0, 0.1) is 0 Å². The highest BCUT2D eigenvalue weighted by Gasteiger charge is 2.07. The summed E-state index contributed by atoms with van der Waals surface area (Å²) in [5.41, 5.74) is 1.05. The van der Waals surface area contributed by atoms with Gasteiger partial charge in [0.1, 0.15) is 11.5 Å². The van der Waals surface area contributed by atoms with E-state index < -0.39 is 0 Å². The maximum Gasteiger partial charge on any atom is 0.271 e. The van der Waals surface area contributed by atoms with Crippen LogP contribution in [-0.2, 0) is 0 Å². The zero-order chi connectivity index (χ0) is 15.8. The van der Waals surface area contributed by atoms with Crippen molar-refractivity contribution in [3.05, 3.63) is 47.4 Å². The number of amides is 1. The molecule has 0 atom stereocenters. The third-order valence-electron chi connectivity index (χ3n) is 3.09. The van der Waals surface area contributed by atoms with Gasteiger partial charge in [0.25, 0.3) is 5.91 Å². The van der Waals surface area contributed by atoms with Crippen molar-refractivity contribution in [2.45, 2.75) is 26.2 Å². The fourth-order valence-electron chi connectivity index (χ4n) is 1.88. The molecule has 0 fully saturated rings. The largest absolute Gasteiger partial charge is 0.351 e. The summed E-state index contributed by atoms with van der Waals surface area (Å²) >= 11 is 6.06. The first-order valence-electron chi connectivity index (χ1n) is 7.32. The molecule has 1 heterocycles. The van der Waals surface area contributed by atoms with Gasteiger partial charge in [0.2, 0.25) is 0 Å². The minimum atomic E-state index is -0.201. The number of rotatable bonds is 7. The van der Waals surface area contributed by atoms with Gasteiger partial charge in [-0.25, -0.2) is 9.97 Å². The summed E-state index contributed by atoms with van der Waals surface area (Å²) in [5, 5.41) is 6.49. The molecule has 5 nitrogen and oxygen atoms in total. The molecule has 0 aliphatic heterocycles. The quantitative estimate of drug-likeness (QED) is 0.762. The van der Waals surface area contributed by atoms with Crippen LogP contribution >= 0.6 is 11.6 Å². The number of aromatic nitrogens is 2. The first-order valence-corrected chi connectivity index (χ1v) is 7.70. The Hall–Kier alpha value is -2.14. The fraction of sp³-hybridized carbons (Fsp3) is 0.312. The molecule has 2 N–H and O–H groups in total. The topological polar surface area (TPSA) is 66.9 Å². The molecular formula is C16H19ClN4O. The first kappa shape index (κ1) is 16.2. The molecule has 1 aromatic carbocycles. The van der Waals surface area contributed by atoms with Crippen molar-refractivity contribution in [2.75, 3.05) is 11.9 Å². The van der Waals surface area contributed by atoms with Crippen LogP contribution in [0.1, 0.15) is 36.7 Å². The van der Waals surface area contributed by atoms with Gasteiger partial charge in [-0.05, 0) is 18.6 Å². The van der Waals surface area contributed by atoms with Gasteiger partial charge < -0.3 is 10.6 Å². The van der Waals surface area contributed by atoms with Crippen molar-refractivity contribution < 1.29 is 4.79 Å². The van der Waals surface area contributed by atoms with Crippen molar-refractivity contribution in [3.63, 3.8) is 0 Å². The normalized spacial score (nSPS) is 10.3. The Kier molecular flexibility index (Phi) is 6.15. The highest BCUT2D eigenvalue weighted by molar-refractivity contribution is 6.33. The van der Waals surface area contributed by atoms with E-state index >= 15 is 0 Å². The second-order valence-electron chi connectivity index (χ2n) is 4.85. The van der Waals surface area contributed by atoms with Crippen LogP contribution in [0.5, 0.6) is 0 Å². The number of unbranched alkanes of at least 4 members (excludes halogenated alkanes) is 2. The summed E-state index contributed by atoms with van der Waals surface area (Å²) in [5.74, 6) is 0.337. The maximum absolute atomic E-state index is 11.9. The van der Waals surface area contributed by atoms with E-state index in [0.717, 1.165) is 24.9 Å². The van der Waals surface area contributed by atoms with Crippen LogP contribution in [0.15, 0.2) is 36.7 Å². The van der Waals surface area contributed by atoms with E-state index in [4.69, 9.17) is 11.6 Å². The molecule has 0 saturated heterocycles. The van der Waals surface area contributed by atoms with Crippen molar-refractivity contribution >= 4 is 29.0 Å². The molecule has 6 heteroatoms. The second-order valence-corrected chi connectivity index (χ2v) is 5.26. The summed E-state index contributed by atoms with van der Waals surface area (Å²) in [7, 11) is 0. The molecule has 0 aliphatic rings. The molecule has 1 aromatic heterocycles. The van der Waals surface area contributed by atoms with Crippen LogP contribution in [0.4, 0.5) is 11.5 Å². The molecular weight excluding hydrogens is 300 g/mol. The molecule has 0 radical (unpaired) electrons. The number of hydrogen-bond donors (Lipinski definition) is 2. The SMILES string of the molecule is CCCCCNC(=O)c1cnc(Nc2ccccc2Cl)cn1. The highest BCUT2D eigenvalue weighted by atomic mass is 35.5. The lowest BCUT2D eigenvalue weighted by Gasteiger charge is -2.08. The van der Waals surface area contributed by atoms with Gasteiger partial charge in [0, 0.05) is 6.54 Å². The Bertz CT molecular complexity index is 616. The number of nitrogens with one attached hydrogen (secondary N) is 2. The Morgan fingerprint density at radius 1 is 1.18 bits per heavy atom. The van der Waals surface area contributed by atoms with Crippen molar-refractivity contribution in [1.82, 2.24) is 15.3 Å². The van der Waals surface area contributed by atoms with E-state index in [1.165, 1.54) is 12.4 Å². The number of hydrogen-bond acceptors (Lipinski definition) is 4. The third-order valence-corrected chi connectivity index (χ3v) is 3.42. The van der Waals surface area contributed by atoms with Gasteiger partial charge >= 0.3 is 0 Å². The number of carbonyl (C=O) groups is 1. The van der Waals surface area contributed by atoms with Gasteiger partial charge in [0.05, 0.1) is 23.1 Å². The van der Waals surface area contributed by atoms with Gasteiger partial charge in [0.15, 0.2) is 0 Å². The van der Waals surface area contributed by atoms with Crippen molar-refractivity contribution in [1.29, 1.82) is 0 Å². The minimum Gasteiger partial charge on any atom is -0.351 e. The number of anilines is 2.